The third kappa shape index (κ3) is 9.44. The van der Waals surface area contributed by atoms with Crippen LogP contribution in [0.25, 0.3) is 0 Å². The van der Waals surface area contributed by atoms with Gasteiger partial charge in [0.15, 0.2) is 0 Å². The lowest BCUT2D eigenvalue weighted by molar-refractivity contribution is -0.123. The van der Waals surface area contributed by atoms with Gasteiger partial charge in [0.2, 0.25) is 5.91 Å². The van der Waals surface area contributed by atoms with Crippen LogP contribution in [0, 0.1) is 5.92 Å². The fraction of sp³-hybridized carbons (Fsp3) is 0.581. The van der Waals surface area contributed by atoms with Crippen molar-refractivity contribution in [1.82, 2.24) is 10.2 Å². The Bertz CT molecular complexity index is 926. The molecule has 2 aromatic carbocycles. The van der Waals surface area contributed by atoms with Gasteiger partial charge in [-0.2, -0.15) is 0 Å². The summed E-state index contributed by atoms with van der Waals surface area (Å²) in [5.74, 6) is 1.54. The summed E-state index contributed by atoms with van der Waals surface area (Å²) >= 11 is 0. The smallest absolute Gasteiger partial charge is 0.220 e. The average molecular weight is 509 g/mol. The second-order valence-corrected chi connectivity index (χ2v) is 10.6. The number of hydrogen-bond donors (Lipinski definition) is 2. The Kier molecular flexibility index (Phi) is 11.3. The van der Waals surface area contributed by atoms with Gasteiger partial charge in [0.1, 0.15) is 18.5 Å². The SMILES string of the molecule is O=C(CCCCCC1CCOCC1)N[C@H](CN1CCCC1)[C@H](O)c1cccc(OCc2ccccc2)c1. The molecule has 202 valence electrons. The fourth-order valence-electron chi connectivity index (χ4n) is 5.44. The first-order valence-corrected chi connectivity index (χ1v) is 14.2. The molecular weight excluding hydrogens is 464 g/mol. The van der Waals surface area contributed by atoms with Crippen molar-refractivity contribution in [2.75, 3.05) is 32.8 Å². The molecular formula is C31H44N2O4. The van der Waals surface area contributed by atoms with E-state index in [4.69, 9.17) is 9.47 Å². The summed E-state index contributed by atoms with van der Waals surface area (Å²) in [4.78, 5) is 15.2. The Morgan fingerprint density at radius 1 is 1.03 bits per heavy atom. The van der Waals surface area contributed by atoms with Crippen LogP contribution < -0.4 is 10.1 Å². The summed E-state index contributed by atoms with van der Waals surface area (Å²) in [5.41, 5.74) is 1.87. The number of nitrogens with zero attached hydrogens (tertiary/aromatic N) is 1. The number of aliphatic hydroxyl groups is 1. The highest BCUT2D eigenvalue weighted by atomic mass is 16.5. The van der Waals surface area contributed by atoms with E-state index < -0.39 is 6.10 Å². The van der Waals surface area contributed by atoms with Gasteiger partial charge in [-0.3, -0.25) is 4.79 Å². The molecule has 2 heterocycles. The molecule has 2 aliphatic rings. The lowest BCUT2D eigenvalue weighted by Crippen LogP contribution is -2.46. The van der Waals surface area contributed by atoms with Crippen LogP contribution in [0.2, 0.25) is 0 Å². The molecule has 0 aliphatic carbocycles. The van der Waals surface area contributed by atoms with Gasteiger partial charge >= 0.3 is 0 Å². The lowest BCUT2D eigenvalue weighted by Gasteiger charge is -2.29. The van der Waals surface area contributed by atoms with Gasteiger partial charge in [0, 0.05) is 26.2 Å². The van der Waals surface area contributed by atoms with E-state index in [9.17, 15) is 9.90 Å². The number of unbranched alkanes of at least 4 members (excludes halogenated alkanes) is 2. The molecule has 0 unspecified atom stereocenters. The van der Waals surface area contributed by atoms with Crippen LogP contribution in [0.5, 0.6) is 5.75 Å². The number of aliphatic hydroxyl groups excluding tert-OH is 1. The zero-order valence-corrected chi connectivity index (χ0v) is 22.2. The van der Waals surface area contributed by atoms with E-state index in [1.807, 2.05) is 54.6 Å². The minimum absolute atomic E-state index is 0.0331. The molecule has 2 N–H and O–H groups in total. The highest BCUT2D eigenvalue weighted by Gasteiger charge is 2.27. The zero-order valence-electron chi connectivity index (χ0n) is 22.2. The molecule has 0 bridgehead atoms. The second-order valence-electron chi connectivity index (χ2n) is 10.6. The average Bonchev–Trinajstić information content (AvgIpc) is 3.45. The molecule has 4 rings (SSSR count). The summed E-state index contributed by atoms with van der Waals surface area (Å²) in [5, 5.41) is 14.5. The zero-order chi connectivity index (χ0) is 25.7. The Labute approximate surface area is 222 Å². The minimum Gasteiger partial charge on any atom is -0.489 e. The molecule has 0 spiro atoms. The van der Waals surface area contributed by atoms with Gasteiger partial charge < -0.3 is 24.8 Å². The van der Waals surface area contributed by atoms with Crippen molar-refractivity contribution in [3.8, 4) is 5.75 Å². The molecule has 2 atom stereocenters. The number of rotatable bonds is 14. The first kappa shape index (κ1) is 27.6. The number of hydrogen-bond acceptors (Lipinski definition) is 5. The molecule has 6 heteroatoms. The van der Waals surface area contributed by atoms with Gasteiger partial charge in [0.05, 0.1) is 6.04 Å². The van der Waals surface area contributed by atoms with Crippen LogP contribution in [0.1, 0.15) is 75.0 Å². The maximum absolute atomic E-state index is 12.9. The third-order valence-corrected chi connectivity index (χ3v) is 7.69. The van der Waals surface area contributed by atoms with E-state index in [1.54, 1.807) is 0 Å². The van der Waals surface area contributed by atoms with Crippen LogP contribution in [0.4, 0.5) is 0 Å². The van der Waals surface area contributed by atoms with Gasteiger partial charge in [-0.15, -0.1) is 0 Å². The molecule has 2 aromatic rings. The number of amides is 1. The molecule has 37 heavy (non-hydrogen) atoms. The number of carbonyl (C=O) groups is 1. The van der Waals surface area contributed by atoms with E-state index in [1.165, 1.54) is 38.5 Å². The van der Waals surface area contributed by atoms with Gasteiger partial charge in [-0.1, -0.05) is 61.7 Å². The summed E-state index contributed by atoms with van der Waals surface area (Å²) < 4.78 is 11.4. The monoisotopic (exact) mass is 508 g/mol. The highest BCUT2D eigenvalue weighted by molar-refractivity contribution is 5.76. The van der Waals surface area contributed by atoms with E-state index in [-0.39, 0.29) is 11.9 Å². The van der Waals surface area contributed by atoms with Gasteiger partial charge in [0.25, 0.3) is 0 Å². The highest BCUT2D eigenvalue weighted by Crippen LogP contribution is 2.25. The van der Waals surface area contributed by atoms with Crippen LogP contribution in [-0.4, -0.2) is 54.8 Å². The number of likely N-dealkylation sites (tertiary alicyclic amines) is 1. The molecule has 6 nitrogen and oxygen atoms in total. The first-order chi connectivity index (χ1) is 18.2. The van der Waals surface area contributed by atoms with Crippen LogP contribution in [0.3, 0.4) is 0 Å². The molecule has 2 saturated heterocycles. The van der Waals surface area contributed by atoms with Crippen molar-refractivity contribution in [3.05, 3.63) is 65.7 Å². The Balaban J connectivity index is 1.28. The number of carbonyl (C=O) groups excluding carboxylic acids is 1. The summed E-state index contributed by atoms with van der Waals surface area (Å²) in [6.07, 6.45) is 8.80. The Morgan fingerprint density at radius 2 is 1.81 bits per heavy atom. The molecule has 0 saturated carbocycles. The van der Waals surface area contributed by atoms with E-state index >= 15 is 0 Å². The first-order valence-electron chi connectivity index (χ1n) is 14.2. The lowest BCUT2D eigenvalue weighted by atomic mass is 9.93. The van der Waals surface area contributed by atoms with Crippen molar-refractivity contribution in [2.45, 2.75) is 76.5 Å². The molecule has 0 radical (unpaired) electrons. The van der Waals surface area contributed by atoms with E-state index in [0.717, 1.165) is 61.9 Å². The molecule has 1 amide bonds. The Morgan fingerprint density at radius 3 is 2.59 bits per heavy atom. The minimum atomic E-state index is -0.793. The van der Waals surface area contributed by atoms with Crippen LogP contribution >= 0.6 is 0 Å². The maximum atomic E-state index is 12.9. The maximum Gasteiger partial charge on any atom is 0.220 e. The van der Waals surface area contributed by atoms with Crippen LogP contribution in [-0.2, 0) is 16.1 Å². The summed E-state index contributed by atoms with van der Waals surface area (Å²) in [6.45, 7) is 4.97. The summed E-state index contributed by atoms with van der Waals surface area (Å²) in [7, 11) is 0. The van der Waals surface area contributed by atoms with Crippen molar-refractivity contribution in [2.24, 2.45) is 5.92 Å². The predicted molar refractivity (Wildman–Crippen MR) is 146 cm³/mol. The number of ether oxygens (including phenoxy) is 2. The van der Waals surface area contributed by atoms with Gasteiger partial charge in [-0.05, 0) is 74.4 Å². The van der Waals surface area contributed by atoms with Crippen molar-refractivity contribution < 1.29 is 19.4 Å². The fourth-order valence-corrected chi connectivity index (χ4v) is 5.44. The Hall–Kier alpha value is -2.41. The molecule has 2 fully saturated rings. The number of benzene rings is 2. The second kappa shape index (κ2) is 15.1. The summed E-state index contributed by atoms with van der Waals surface area (Å²) in [6, 6.07) is 17.3. The van der Waals surface area contributed by atoms with E-state index in [0.29, 0.717) is 19.6 Å². The molecule has 0 aromatic heterocycles. The quantitative estimate of drug-likeness (QED) is 0.341. The standard InChI is InChI=1S/C31H44N2O4/c34-30(15-6-2-3-10-25-16-20-36-21-17-25)32-29(23-33-18-7-8-19-33)31(35)27-13-9-14-28(22-27)37-24-26-11-4-1-5-12-26/h1,4-5,9,11-14,22,25,29,31,35H,2-3,6-8,10,15-21,23-24H2,(H,32,34)/t29-,31-/m1/s1. The van der Waals surface area contributed by atoms with Crippen molar-refractivity contribution in [1.29, 1.82) is 0 Å². The van der Waals surface area contributed by atoms with Crippen molar-refractivity contribution in [3.63, 3.8) is 0 Å². The molecule has 2 aliphatic heterocycles. The normalized spacial score (nSPS) is 18.4. The predicted octanol–water partition coefficient (Wildman–Crippen LogP) is 5.26. The largest absolute Gasteiger partial charge is 0.489 e. The third-order valence-electron chi connectivity index (χ3n) is 7.69. The van der Waals surface area contributed by atoms with E-state index in [2.05, 4.69) is 10.2 Å². The topological polar surface area (TPSA) is 71.0 Å². The van der Waals surface area contributed by atoms with Crippen molar-refractivity contribution >= 4 is 5.91 Å². The van der Waals surface area contributed by atoms with Crippen LogP contribution in [0.15, 0.2) is 54.6 Å². The van der Waals surface area contributed by atoms with Gasteiger partial charge in [-0.25, -0.2) is 0 Å². The number of nitrogens with one attached hydrogen (secondary N) is 1.